The zero-order valence-corrected chi connectivity index (χ0v) is 19.2. The van der Waals surface area contributed by atoms with Crippen LogP contribution in [-0.4, -0.2) is 38.5 Å². The molecule has 0 radical (unpaired) electrons. The monoisotopic (exact) mass is 522 g/mol. The highest BCUT2D eigenvalue weighted by molar-refractivity contribution is 8.18. The molecule has 6 nitrogen and oxygen atoms in total. The third-order valence-corrected chi connectivity index (χ3v) is 6.69. The molecule has 0 bridgehead atoms. The normalized spacial score (nSPS) is 19.7. The molecule has 12 heteroatoms. The highest BCUT2D eigenvalue weighted by atomic mass is 35.5. The Morgan fingerprint density at radius 2 is 2.00 bits per heavy atom. The number of carbonyl (C=O) groups is 2. The van der Waals surface area contributed by atoms with Gasteiger partial charge in [-0.1, -0.05) is 23.7 Å². The van der Waals surface area contributed by atoms with Crippen LogP contribution in [0.15, 0.2) is 59.4 Å². The van der Waals surface area contributed by atoms with Crippen LogP contribution >= 0.6 is 23.4 Å². The molecule has 2 aromatic carbocycles. The molecule has 0 spiro atoms. The van der Waals surface area contributed by atoms with Crippen molar-refractivity contribution in [1.29, 1.82) is 0 Å². The predicted octanol–water partition coefficient (Wildman–Crippen LogP) is 5.58. The van der Waals surface area contributed by atoms with Crippen molar-refractivity contribution in [1.82, 2.24) is 20.0 Å². The fourth-order valence-electron chi connectivity index (χ4n) is 3.94. The maximum atomic E-state index is 14.0. The number of nitrogens with zero attached hydrogens (tertiary/aromatic N) is 3. The number of halogens is 5. The molecule has 1 atom stereocenters. The Balaban J connectivity index is 1.42. The summed E-state index contributed by atoms with van der Waals surface area (Å²) in [4.78, 5) is 26.0. The van der Waals surface area contributed by atoms with Gasteiger partial charge in [0, 0.05) is 16.6 Å². The lowest BCUT2D eigenvalue weighted by Gasteiger charge is -2.14. The number of nitrogens with one attached hydrogen (secondary N) is 1. The summed E-state index contributed by atoms with van der Waals surface area (Å²) in [5, 5.41) is 6.92. The van der Waals surface area contributed by atoms with Gasteiger partial charge in [-0.05, 0) is 53.2 Å². The number of benzene rings is 2. The highest BCUT2D eigenvalue weighted by Crippen LogP contribution is 2.37. The lowest BCUT2D eigenvalue weighted by Crippen LogP contribution is -2.31. The van der Waals surface area contributed by atoms with Crippen LogP contribution in [0.4, 0.5) is 22.4 Å². The number of thioether (sulfide) groups is 1. The molecule has 3 aromatic rings. The first-order valence-corrected chi connectivity index (χ1v) is 11.5. The molecule has 2 amide bonds. The Morgan fingerprint density at radius 3 is 2.71 bits per heavy atom. The minimum atomic E-state index is -4.56. The van der Waals surface area contributed by atoms with Crippen molar-refractivity contribution in [2.75, 3.05) is 6.54 Å². The molecule has 1 fully saturated rings. The van der Waals surface area contributed by atoms with Gasteiger partial charge in [0.15, 0.2) is 6.17 Å². The van der Waals surface area contributed by atoms with Crippen LogP contribution in [0.2, 0.25) is 5.02 Å². The molecular weight excluding hydrogens is 508 g/mol. The number of rotatable bonds is 4. The second kappa shape index (κ2) is 8.72. The highest BCUT2D eigenvalue weighted by Gasteiger charge is 2.41. The van der Waals surface area contributed by atoms with Gasteiger partial charge >= 0.3 is 6.18 Å². The fraction of sp³-hybridized carbons (Fsp3) is 0.174. The molecule has 0 saturated carbocycles. The number of imide groups is 1. The molecule has 2 aliphatic rings. The molecule has 2 aliphatic heterocycles. The number of amides is 2. The van der Waals surface area contributed by atoms with Crippen LogP contribution in [0.5, 0.6) is 0 Å². The first kappa shape index (κ1) is 23.4. The summed E-state index contributed by atoms with van der Waals surface area (Å²) in [6.07, 6.45) is -1.69. The zero-order chi connectivity index (χ0) is 24.9. The summed E-state index contributed by atoms with van der Waals surface area (Å²) < 4.78 is 55.8. The Bertz CT molecular complexity index is 1430. The van der Waals surface area contributed by atoms with Gasteiger partial charge in [-0.2, -0.15) is 18.3 Å². The fourth-order valence-corrected chi connectivity index (χ4v) is 4.95. The van der Waals surface area contributed by atoms with Crippen molar-refractivity contribution in [2.45, 2.75) is 18.9 Å². The number of alkyl halides is 4. The molecule has 5 rings (SSSR count). The van der Waals surface area contributed by atoms with Crippen LogP contribution in [0, 0.1) is 0 Å². The third-order valence-electron chi connectivity index (χ3n) is 5.58. The average molecular weight is 523 g/mol. The second-order valence-corrected chi connectivity index (χ2v) is 9.31. The Kier molecular flexibility index (Phi) is 5.84. The SMILES string of the molecule is O=C1S/C(=C\c2ccc3c(cnn3Cc3ccc(Cl)cc3C(F)(F)F)c2)C(=O)N1C1=CNC[C@@H]1F. The van der Waals surface area contributed by atoms with E-state index in [4.69, 9.17) is 11.6 Å². The van der Waals surface area contributed by atoms with Gasteiger partial charge in [-0.3, -0.25) is 14.3 Å². The van der Waals surface area contributed by atoms with Crippen LogP contribution in [0.25, 0.3) is 17.0 Å². The molecule has 180 valence electrons. The first-order valence-electron chi connectivity index (χ1n) is 10.3. The van der Waals surface area contributed by atoms with Crippen LogP contribution in [-0.2, 0) is 17.5 Å². The lowest BCUT2D eigenvalue weighted by molar-refractivity contribution is -0.138. The number of hydrogen-bond donors (Lipinski definition) is 1. The summed E-state index contributed by atoms with van der Waals surface area (Å²) in [6, 6.07) is 8.63. The van der Waals surface area contributed by atoms with Gasteiger partial charge in [-0.15, -0.1) is 0 Å². The summed E-state index contributed by atoms with van der Waals surface area (Å²) >= 11 is 6.46. The van der Waals surface area contributed by atoms with Crippen LogP contribution in [0.1, 0.15) is 16.7 Å². The maximum Gasteiger partial charge on any atom is 0.416 e. The van der Waals surface area contributed by atoms with Crippen molar-refractivity contribution in [2.24, 2.45) is 0 Å². The van der Waals surface area contributed by atoms with E-state index in [1.165, 1.54) is 35.3 Å². The summed E-state index contributed by atoms with van der Waals surface area (Å²) in [7, 11) is 0. The molecule has 1 N–H and O–H groups in total. The van der Waals surface area contributed by atoms with Gasteiger partial charge in [0.05, 0.1) is 41.0 Å². The van der Waals surface area contributed by atoms with Crippen LogP contribution in [0.3, 0.4) is 0 Å². The van der Waals surface area contributed by atoms with E-state index in [-0.39, 0.29) is 34.3 Å². The van der Waals surface area contributed by atoms with Crippen molar-refractivity contribution in [3.8, 4) is 0 Å². The van der Waals surface area contributed by atoms with Gasteiger partial charge < -0.3 is 5.32 Å². The van der Waals surface area contributed by atoms with E-state index < -0.39 is 29.1 Å². The van der Waals surface area contributed by atoms with E-state index in [0.717, 1.165) is 11.0 Å². The van der Waals surface area contributed by atoms with Crippen molar-refractivity contribution in [3.63, 3.8) is 0 Å². The van der Waals surface area contributed by atoms with E-state index in [1.54, 1.807) is 18.2 Å². The van der Waals surface area contributed by atoms with Gasteiger partial charge in [0.25, 0.3) is 11.1 Å². The molecule has 0 aliphatic carbocycles. The molecule has 1 aromatic heterocycles. The molecule has 3 heterocycles. The second-order valence-electron chi connectivity index (χ2n) is 7.88. The van der Waals surface area contributed by atoms with Gasteiger partial charge in [-0.25, -0.2) is 9.29 Å². The van der Waals surface area contributed by atoms with Gasteiger partial charge in [0.1, 0.15) is 0 Å². The minimum absolute atomic E-state index is 0.00273. The predicted molar refractivity (Wildman–Crippen MR) is 124 cm³/mol. The number of hydrogen-bond acceptors (Lipinski definition) is 5. The first-order chi connectivity index (χ1) is 16.6. The Morgan fingerprint density at radius 1 is 1.20 bits per heavy atom. The molecule has 0 unspecified atom stereocenters. The van der Waals surface area contributed by atoms with Crippen molar-refractivity contribution >= 4 is 51.5 Å². The van der Waals surface area contributed by atoms with E-state index in [2.05, 4.69) is 10.4 Å². The average Bonchev–Trinajstić information content (AvgIpc) is 3.46. The van der Waals surface area contributed by atoms with E-state index >= 15 is 0 Å². The smallest absolute Gasteiger partial charge is 0.386 e. The largest absolute Gasteiger partial charge is 0.416 e. The number of fused-ring (bicyclic) bond motifs is 1. The zero-order valence-electron chi connectivity index (χ0n) is 17.6. The lowest BCUT2D eigenvalue weighted by atomic mass is 10.1. The van der Waals surface area contributed by atoms with Crippen molar-refractivity contribution < 1.29 is 27.2 Å². The summed E-state index contributed by atoms with van der Waals surface area (Å²) in [6.45, 7) is -0.126. The van der Waals surface area contributed by atoms with E-state index in [0.29, 0.717) is 28.2 Å². The van der Waals surface area contributed by atoms with Crippen molar-refractivity contribution in [3.05, 3.63) is 81.1 Å². The van der Waals surface area contributed by atoms with E-state index in [9.17, 15) is 27.2 Å². The van der Waals surface area contributed by atoms with Gasteiger partial charge in [0.2, 0.25) is 0 Å². The quantitative estimate of drug-likeness (QED) is 0.358. The minimum Gasteiger partial charge on any atom is -0.386 e. The molecular formula is C23H15ClF4N4O2S. The maximum absolute atomic E-state index is 14.0. The molecule has 1 saturated heterocycles. The number of carbonyl (C=O) groups excluding carboxylic acids is 2. The number of aromatic nitrogens is 2. The standard InChI is InChI=1S/C23H15ClF4N4O2S/c24-15-3-2-13(16(7-15)23(26,27)28)11-31-18-4-1-12(5-14(18)8-30-31)6-20-21(33)32(22(34)35-20)19-10-29-9-17(19)25/h1-8,10,17,29H,9,11H2/b20-6-/t17-/m0/s1. The molecule has 35 heavy (non-hydrogen) atoms. The Hall–Kier alpha value is -3.31. The Labute approximate surface area is 205 Å². The topological polar surface area (TPSA) is 67.2 Å². The van der Waals surface area contributed by atoms with E-state index in [1.807, 2.05) is 0 Å². The summed E-state index contributed by atoms with van der Waals surface area (Å²) in [5.74, 6) is -0.615. The third kappa shape index (κ3) is 4.41. The van der Waals surface area contributed by atoms with Crippen LogP contribution < -0.4 is 5.32 Å². The summed E-state index contributed by atoms with van der Waals surface area (Å²) in [5.41, 5.74) is 0.338.